The highest BCUT2D eigenvalue weighted by Gasteiger charge is 2.22. The van der Waals surface area contributed by atoms with Gasteiger partial charge in [0, 0.05) is 28.0 Å². The maximum Gasteiger partial charge on any atom is 0.0709 e. The molecule has 2 heteroatoms. The summed E-state index contributed by atoms with van der Waals surface area (Å²) in [4.78, 5) is 4.63. The van der Waals surface area contributed by atoms with Crippen LogP contribution in [0.2, 0.25) is 0 Å². The van der Waals surface area contributed by atoms with Crippen LogP contribution < -0.4 is 0 Å². The van der Waals surface area contributed by atoms with Crippen molar-refractivity contribution in [1.82, 2.24) is 9.55 Å². The van der Waals surface area contributed by atoms with Gasteiger partial charge in [0.25, 0.3) is 0 Å². The van der Waals surface area contributed by atoms with Crippen molar-refractivity contribution in [2.45, 2.75) is 6.92 Å². The van der Waals surface area contributed by atoms with Gasteiger partial charge in [0.1, 0.15) is 0 Å². The summed E-state index contributed by atoms with van der Waals surface area (Å²) >= 11 is 0. The molecule has 0 saturated carbocycles. The molecule has 0 atom stereocenters. The lowest BCUT2D eigenvalue weighted by atomic mass is 9.93. The number of para-hydroxylation sites is 1. The van der Waals surface area contributed by atoms with Crippen LogP contribution in [0.1, 0.15) is 5.56 Å². The van der Waals surface area contributed by atoms with Gasteiger partial charge < -0.3 is 4.57 Å². The first-order valence-electron chi connectivity index (χ1n) is 13.8. The molecular formula is C38H24N2. The van der Waals surface area contributed by atoms with Crippen molar-refractivity contribution in [3.8, 4) is 39.1 Å². The van der Waals surface area contributed by atoms with Gasteiger partial charge in [-0.2, -0.15) is 0 Å². The molecule has 0 fully saturated rings. The lowest BCUT2D eigenvalue weighted by molar-refractivity contribution is 1.15. The van der Waals surface area contributed by atoms with Crippen molar-refractivity contribution in [1.29, 1.82) is 0 Å². The fourth-order valence-electron chi connectivity index (χ4n) is 6.93. The van der Waals surface area contributed by atoms with Crippen molar-refractivity contribution in [2.75, 3.05) is 0 Å². The number of aromatic nitrogens is 2. The summed E-state index contributed by atoms with van der Waals surface area (Å²) in [7, 11) is 0. The van der Waals surface area contributed by atoms with E-state index in [4.69, 9.17) is 0 Å². The molecule has 0 spiro atoms. The number of benzene rings is 6. The van der Waals surface area contributed by atoms with Crippen LogP contribution in [0.4, 0.5) is 0 Å². The molecule has 6 aromatic carbocycles. The topological polar surface area (TPSA) is 17.8 Å². The van der Waals surface area contributed by atoms with Crippen molar-refractivity contribution in [3.05, 3.63) is 133 Å². The zero-order valence-electron chi connectivity index (χ0n) is 22.0. The smallest absolute Gasteiger partial charge is 0.0709 e. The first kappa shape index (κ1) is 21.7. The van der Waals surface area contributed by atoms with Crippen molar-refractivity contribution >= 4 is 43.5 Å². The third-order valence-electron chi connectivity index (χ3n) is 8.69. The van der Waals surface area contributed by atoms with Gasteiger partial charge >= 0.3 is 0 Å². The Hall–Kier alpha value is -5.21. The molecule has 9 rings (SSSR count). The van der Waals surface area contributed by atoms with Crippen molar-refractivity contribution < 1.29 is 0 Å². The molecular weight excluding hydrogens is 484 g/mol. The summed E-state index contributed by atoms with van der Waals surface area (Å²) in [6, 6.07) is 44.4. The summed E-state index contributed by atoms with van der Waals surface area (Å²) in [5.41, 5.74) is 13.8. The van der Waals surface area contributed by atoms with Crippen LogP contribution in [0, 0.1) is 6.92 Å². The van der Waals surface area contributed by atoms with Crippen LogP contribution in [0.3, 0.4) is 0 Å². The quantitative estimate of drug-likeness (QED) is 0.227. The normalized spacial score (nSPS) is 12.1. The summed E-state index contributed by atoms with van der Waals surface area (Å²) in [5, 5.41) is 6.32. The van der Waals surface area contributed by atoms with E-state index in [1.807, 2.05) is 12.3 Å². The van der Waals surface area contributed by atoms with E-state index in [1.54, 1.807) is 0 Å². The maximum absolute atomic E-state index is 4.63. The number of hydrogen-bond donors (Lipinski definition) is 0. The second-order valence-corrected chi connectivity index (χ2v) is 10.9. The molecule has 8 aromatic rings. The standard InChI is InChI=1S/C38H24N2/c1-23-20-24(26-16-17-32-28-10-3-2-9-27(28)31-13-6-12-30(26)38(31)32)15-18-35(23)40-36-14-5-4-11-29(36)33-22-34-25(21-37(33)40)8-7-19-39-34/h2-22H,1H3. The molecule has 2 heterocycles. The number of pyridine rings is 1. The van der Waals surface area contributed by atoms with Gasteiger partial charge in [-0.15, -0.1) is 0 Å². The lowest BCUT2D eigenvalue weighted by Crippen LogP contribution is -1.97. The Bertz CT molecular complexity index is 2310. The van der Waals surface area contributed by atoms with Crippen LogP contribution in [0.15, 0.2) is 128 Å². The van der Waals surface area contributed by atoms with E-state index >= 15 is 0 Å². The van der Waals surface area contributed by atoms with Crippen LogP contribution in [0.25, 0.3) is 82.5 Å². The number of nitrogens with zero attached hydrogens (tertiary/aromatic N) is 2. The van der Waals surface area contributed by atoms with E-state index in [-0.39, 0.29) is 0 Å². The minimum Gasteiger partial charge on any atom is -0.309 e. The van der Waals surface area contributed by atoms with Gasteiger partial charge in [0.2, 0.25) is 0 Å². The molecule has 0 saturated heterocycles. The van der Waals surface area contributed by atoms with Gasteiger partial charge in [-0.25, -0.2) is 0 Å². The van der Waals surface area contributed by atoms with E-state index in [1.165, 1.54) is 77.2 Å². The van der Waals surface area contributed by atoms with Gasteiger partial charge in [0.05, 0.1) is 16.6 Å². The lowest BCUT2D eigenvalue weighted by Gasteiger charge is -2.15. The average molecular weight is 509 g/mol. The summed E-state index contributed by atoms with van der Waals surface area (Å²) < 4.78 is 2.42. The molecule has 1 aliphatic rings. The van der Waals surface area contributed by atoms with Gasteiger partial charge in [-0.1, -0.05) is 84.9 Å². The van der Waals surface area contributed by atoms with E-state index in [2.05, 4.69) is 132 Å². The average Bonchev–Trinajstić information content (AvgIpc) is 3.50. The monoisotopic (exact) mass is 508 g/mol. The summed E-state index contributed by atoms with van der Waals surface area (Å²) in [5.74, 6) is 0. The predicted octanol–water partition coefficient (Wildman–Crippen LogP) is 10.1. The van der Waals surface area contributed by atoms with Crippen molar-refractivity contribution in [2.24, 2.45) is 0 Å². The minimum absolute atomic E-state index is 1.03. The summed E-state index contributed by atoms with van der Waals surface area (Å²) in [6.45, 7) is 2.23. The molecule has 2 nitrogen and oxygen atoms in total. The minimum atomic E-state index is 1.03. The zero-order valence-corrected chi connectivity index (χ0v) is 22.0. The van der Waals surface area contributed by atoms with Gasteiger partial charge in [-0.3, -0.25) is 4.98 Å². The fraction of sp³-hybridized carbons (Fsp3) is 0.0263. The Labute approximate surface area is 231 Å². The SMILES string of the molecule is Cc1cc(-c2ccc3c4c(cccc24)-c2ccccc2-3)ccc1-n1c2ccccc2c2cc3ncccc3cc21. The third-order valence-corrected chi connectivity index (χ3v) is 8.69. The number of aryl methyl sites for hydroxylation is 1. The van der Waals surface area contributed by atoms with E-state index in [0.717, 1.165) is 10.9 Å². The highest BCUT2D eigenvalue weighted by Crippen LogP contribution is 2.49. The Morgan fingerprint density at radius 3 is 2.15 bits per heavy atom. The molecule has 40 heavy (non-hydrogen) atoms. The molecule has 0 unspecified atom stereocenters. The maximum atomic E-state index is 4.63. The molecule has 1 aliphatic carbocycles. The van der Waals surface area contributed by atoms with Crippen LogP contribution >= 0.6 is 0 Å². The first-order valence-corrected chi connectivity index (χ1v) is 13.8. The highest BCUT2D eigenvalue weighted by molar-refractivity contribution is 6.19. The zero-order chi connectivity index (χ0) is 26.4. The molecule has 0 N–H and O–H groups in total. The predicted molar refractivity (Wildman–Crippen MR) is 168 cm³/mol. The second-order valence-electron chi connectivity index (χ2n) is 10.9. The molecule has 2 aromatic heterocycles. The Kier molecular flexibility index (Phi) is 4.29. The highest BCUT2D eigenvalue weighted by atomic mass is 15.0. The van der Waals surface area contributed by atoms with Crippen LogP contribution in [0.5, 0.6) is 0 Å². The summed E-state index contributed by atoms with van der Waals surface area (Å²) in [6.07, 6.45) is 1.87. The molecule has 0 radical (unpaired) electrons. The van der Waals surface area contributed by atoms with E-state index < -0.39 is 0 Å². The Morgan fingerprint density at radius 1 is 0.525 bits per heavy atom. The molecule has 0 aliphatic heterocycles. The molecule has 0 amide bonds. The number of hydrogen-bond acceptors (Lipinski definition) is 1. The van der Waals surface area contributed by atoms with Crippen LogP contribution in [-0.2, 0) is 0 Å². The fourth-order valence-corrected chi connectivity index (χ4v) is 6.93. The van der Waals surface area contributed by atoms with Gasteiger partial charge in [-0.05, 0) is 93.0 Å². The van der Waals surface area contributed by atoms with E-state index in [9.17, 15) is 0 Å². The third kappa shape index (κ3) is 2.85. The second kappa shape index (κ2) is 7.91. The number of rotatable bonds is 2. The molecule has 0 bridgehead atoms. The largest absolute Gasteiger partial charge is 0.309 e. The van der Waals surface area contributed by atoms with Crippen molar-refractivity contribution in [3.63, 3.8) is 0 Å². The Balaban J connectivity index is 1.26. The molecule has 186 valence electrons. The number of fused-ring (bicyclic) bond motifs is 7. The van der Waals surface area contributed by atoms with Crippen LogP contribution in [-0.4, -0.2) is 9.55 Å². The Morgan fingerprint density at radius 2 is 1.27 bits per heavy atom. The van der Waals surface area contributed by atoms with E-state index in [0.29, 0.717) is 0 Å². The first-order chi connectivity index (χ1) is 19.8. The van der Waals surface area contributed by atoms with Gasteiger partial charge in [0.15, 0.2) is 0 Å².